The Hall–Kier alpha value is -1.48. The molecule has 3 nitrogen and oxygen atoms in total. The summed E-state index contributed by atoms with van der Waals surface area (Å²) in [6.45, 7) is 4.55. The monoisotopic (exact) mass is 244 g/mol. The predicted molar refractivity (Wildman–Crippen MR) is 74.2 cm³/mol. The first kappa shape index (κ1) is 11.6. The highest BCUT2D eigenvalue weighted by atomic mass is 16.5. The zero-order valence-electron chi connectivity index (χ0n) is 11.0. The minimum atomic E-state index is 0.621. The molecule has 3 heteroatoms. The van der Waals surface area contributed by atoms with Gasteiger partial charge in [-0.3, -0.25) is 0 Å². The molecule has 3 rings (SSSR count). The molecule has 1 aromatic carbocycles. The van der Waals surface area contributed by atoms with Crippen molar-refractivity contribution in [3.8, 4) is 5.75 Å². The largest absolute Gasteiger partial charge is 0.497 e. The van der Waals surface area contributed by atoms with Crippen molar-refractivity contribution >= 4 is 10.9 Å². The Morgan fingerprint density at radius 1 is 1.28 bits per heavy atom. The summed E-state index contributed by atoms with van der Waals surface area (Å²) in [6.07, 6.45) is 3.43. The zero-order valence-corrected chi connectivity index (χ0v) is 11.0. The van der Waals surface area contributed by atoms with Crippen LogP contribution in [0.4, 0.5) is 0 Å². The Morgan fingerprint density at radius 3 is 2.94 bits per heavy atom. The van der Waals surface area contributed by atoms with E-state index in [0.29, 0.717) is 5.92 Å². The summed E-state index contributed by atoms with van der Waals surface area (Å²) in [6, 6.07) is 6.27. The fourth-order valence-corrected chi connectivity index (χ4v) is 2.99. The van der Waals surface area contributed by atoms with E-state index in [1.807, 2.05) is 6.07 Å². The van der Waals surface area contributed by atoms with Gasteiger partial charge in [0.1, 0.15) is 5.75 Å². The molecular weight excluding hydrogens is 224 g/mol. The number of aromatic nitrogens is 1. The fraction of sp³-hybridized carbons (Fsp3) is 0.467. The molecule has 1 saturated heterocycles. The van der Waals surface area contributed by atoms with Crippen LogP contribution >= 0.6 is 0 Å². The van der Waals surface area contributed by atoms with Crippen LogP contribution in [0.3, 0.4) is 0 Å². The molecule has 1 fully saturated rings. The Bertz CT molecular complexity index is 546. The number of aromatic amines is 1. The maximum atomic E-state index is 5.26. The van der Waals surface area contributed by atoms with Gasteiger partial charge in [0.25, 0.3) is 0 Å². The Kier molecular flexibility index (Phi) is 3.00. The first-order valence-corrected chi connectivity index (χ1v) is 6.63. The van der Waals surface area contributed by atoms with Crippen LogP contribution in [0.2, 0.25) is 0 Å². The van der Waals surface area contributed by atoms with E-state index >= 15 is 0 Å². The van der Waals surface area contributed by atoms with Gasteiger partial charge < -0.3 is 15.0 Å². The number of methoxy groups -OCH3 is 1. The molecule has 0 bridgehead atoms. The van der Waals surface area contributed by atoms with Gasteiger partial charge in [-0.05, 0) is 42.5 Å². The zero-order chi connectivity index (χ0) is 12.5. The van der Waals surface area contributed by atoms with Crippen molar-refractivity contribution in [1.82, 2.24) is 10.3 Å². The maximum absolute atomic E-state index is 5.26. The number of hydrogen-bond acceptors (Lipinski definition) is 2. The summed E-state index contributed by atoms with van der Waals surface area (Å²) in [4.78, 5) is 3.37. The van der Waals surface area contributed by atoms with Crippen LogP contribution in [0.25, 0.3) is 10.9 Å². The summed E-state index contributed by atoms with van der Waals surface area (Å²) in [7, 11) is 1.71. The number of benzene rings is 1. The third-order valence-electron chi connectivity index (χ3n) is 3.93. The predicted octanol–water partition coefficient (Wildman–Crippen LogP) is 2.89. The van der Waals surface area contributed by atoms with Gasteiger partial charge in [-0.2, -0.15) is 0 Å². The quantitative estimate of drug-likeness (QED) is 0.852. The molecule has 2 N–H and O–H groups in total. The van der Waals surface area contributed by atoms with Gasteiger partial charge in [0, 0.05) is 29.7 Å². The first-order valence-electron chi connectivity index (χ1n) is 6.63. The number of hydrogen-bond donors (Lipinski definition) is 2. The van der Waals surface area contributed by atoms with Crippen LogP contribution in [0.1, 0.15) is 24.8 Å². The molecule has 2 aromatic rings. The summed E-state index contributed by atoms with van der Waals surface area (Å²) >= 11 is 0. The Labute approximate surface area is 108 Å². The molecule has 2 atom stereocenters. The first-order chi connectivity index (χ1) is 8.78. The Morgan fingerprint density at radius 2 is 2.17 bits per heavy atom. The number of H-pyrrole nitrogens is 1. The highest BCUT2D eigenvalue weighted by molar-refractivity contribution is 5.85. The maximum Gasteiger partial charge on any atom is 0.120 e. The van der Waals surface area contributed by atoms with Gasteiger partial charge >= 0.3 is 0 Å². The second-order valence-electron chi connectivity index (χ2n) is 5.35. The lowest BCUT2D eigenvalue weighted by molar-refractivity contribution is 0.365. The minimum Gasteiger partial charge on any atom is -0.497 e. The molecule has 18 heavy (non-hydrogen) atoms. The standard InChI is InChI=1S/C15H20N2O/c1-10-5-11(8-16-7-10)14-9-17-15-6-12(18-2)3-4-13(14)15/h3-4,6,9-11,16-17H,5,7-8H2,1-2H3. The van der Waals surface area contributed by atoms with Crippen molar-refractivity contribution in [2.24, 2.45) is 5.92 Å². The van der Waals surface area contributed by atoms with Gasteiger partial charge in [0.2, 0.25) is 0 Å². The molecular formula is C15H20N2O. The van der Waals surface area contributed by atoms with Crippen LogP contribution in [-0.4, -0.2) is 25.2 Å². The van der Waals surface area contributed by atoms with Crippen molar-refractivity contribution < 1.29 is 4.74 Å². The van der Waals surface area contributed by atoms with Gasteiger partial charge in [-0.25, -0.2) is 0 Å². The van der Waals surface area contributed by atoms with Crippen molar-refractivity contribution in [2.45, 2.75) is 19.3 Å². The van der Waals surface area contributed by atoms with Crippen molar-refractivity contribution in [3.05, 3.63) is 30.0 Å². The van der Waals surface area contributed by atoms with E-state index in [4.69, 9.17) is 4.74 Å². The summed E-state index contributed by atoms with van der Waals surface area (Å²) in [5, 5.41) is 4.85. The second kappa shape index (κ2) is 4.65. The van der Waals surface area contributed by atoms with Gasteiger partial charge in [0.15, 0.2) is 0 Å². The molecule has 96 valence electrons. The molecule has 0 spiro atoms. The lowest BCUT2D eigenvalue weighted by atomic mass is 9.86. The minimum absolute atomic E-state index is 0.621. The SMILES string of the molecule is COc1ccc2c(C3CNCC(C)C3)c[nH]c2c1. The van der Waals surface area contributed by atoms with E-state index < -0.39 is 0 Å². The van der Waals surface area contributed by atoms with E-state index in [-0.39, 0.29) is 0 Å². The van der Waals surface area contributed by atoms with Crippen LogP contribution in [0.15, 0.2) is 24.4 Å². The molecule has 0 saturated carbocycles. The third-order valence-corrected chi connectivity index (χ3v) is 3.93. The van der Waals surface area contributed by atoms with Crippen molar-refractivity contribution in [1.29, 1.82) is 0 Å². The molecule has 0 aliphatic carbocycles. The van der Waals surface area contributed by atoms with Crippen LogP contribution in [0, 0.1) is 5.92 Å². The van der Waals surface area contributed by atoms with E-state index in [9.17, 15) is 0 Å². The molecule has 0 radical (unpaired) electrons. The molecule has 0 amide bonds. The van der Waals surface area contributed by atoms with Crippen molar-refractivity contribution in [3.63, 3.8) is 0 Å². The molecule has 2 unspecified atom stereocenters. The van der Waals surface area contributed by atoms with E-state index in [0.717, 1.165) is 24.8 Å². The summed E-state index contributed by atoms with van der Waals surface area (Å²) < 4.78 is 5.26. The van der Waals surface area contributed by atoms with Crippen LogP contribution in [-0.2, 0) is 0 Å². The Balaban J connectivity index is 1.97. The molecule has 2 heterocycles. The fourth-order valence-electron chi connectivity index (χ4n) is 2.99. The van der Waals surface area contributed by atoms with Gasteiger partial charge in [-0.1, -0.05) is 6.92 Å². The van der Waals surface area contributed by atoms with E-state index in [1.165, 1.54) is 22.9 Å². The van der Waals surface area contributed by atoms with Gasteiger partial charge in [-0.15, -0.1) is 0 Å². The average molecular weight is 244 g/mol. The number of ether oxygens (including phenoxy) is 1. The lowest BCUT2D eigenvalue weighted by Crippen LogP contribution is -2.33. The number of rotatable bonds is 2. The normalized spacial score (nSPS) is 24.3. The van der Waals surface area contributed by atoms with Gasteiger partial charge in [0.05, 0.1) is 7.11 Å². The summed E-state index contributed by atoms with van der Waals surface area (Å²) in [5.41, 5.74) is 2.61. The molecule has 1 aliphatic heterocycles. The van der Waals surface area contributed by atoms with Crippen LogP contribution in [0.5, 0.6) is 5.75 Å². The second-order valence-corrected chi connectivity index (χ2v) is 5.35. The highest BCUT2D eigenvalue weighted by Crippen LogP contribution is 2.32. The third kappa shape index (κ3) is 1.99. The molecule has 1 aromatic heterocycles. The van der Waals surface area contributed by atoms with E-state index in [1.54, 1.807) is 7.11 Å². The van der Waals surface area contributed by atoms with E-state index in [2.05, 4.69) is 35.6 Å². The summed E-state index contributed by atoms with van der Waals surface area (Å²) in [5.74, 6) is 2.29. The van der Waals surface area contributed by atoms with Crippen LogP contribution < -0.4 is 10.1 Å². The smallest absolute Gasteiger partial charge is 0.120 e. The highest BCUT2D eigenvalue weighted by Gasteiger charge is 2.22. The number of nitrogens with one attached hydrogen (secondary N) is 2. The number of piperidine rings is 1. The van der Waals surface area contributed by atoms with Crippen molar-refractivity contribution in [2.75, 3.05) is 20.2 Å². The number of fused-ring (bicyclic) bond motifs is 1. The lowest BCUT2D eigenvalue weighted by Gasteiger charge is -2.27. The molecule has 1 aliphatic rings. The average Bonchev–Trinajstić information content (AvgIpc) is 2.81. The topological polar surface area (TPSA) is 37.0 Å².